The summed E-state index contributed by atoms with van der Waals surface area (Å²) in [5.74, 6) is 0.499. The number of nitrogens with one attached hydrogen (secondary N) is 1. The molecule has 3 rings (SSSR count). The van der Waals surface area contributed by atoms with E-state index in [-0.39, 0.29) is 16.8 Å². The van der Waals surface area contributed by atoms with Gasteiger partial charge in [-0.15, -0.1) is 0 Å². The number of amides is 1. The molecule has 0 saturated heterocycles. The van der Waals surface area contributed by atoms with E-state index < -0.39 is 10.8 Å². The molecule has 32 heavy (non-hydrogen) atoms. The molecule has 0 aliphatic carbocycles. The zero-order chi connectivity index (χ0) is 23.1. The fraction of sp³-hybridized carbons (Fsp3) is 0.130. The van der Waals surface area contributed by atoms with Gasteiger partial charge < -0.3 is 9.47 Å². The zero-order valence-corrected chi connectivity index (χ0v) is 19.0. The van der Waals surface area contributed by atoms with Crippen LogP contribution in [0.1, 0.15) is 27.0 Å². The number of hydrazone groups is 1. The Kier molecular flexibility index (Phi) is 7.56. The van der Waals surface area contributed by atoms with E-state index in [0.717, 1.165) is 5.56 Å². The van der Waals surface area contributed by atoms with Gasteiger partial charge in [-0.25, -0.2) is 5.43 Å². The fourth-order valence-electron chi connectivity index (χ4n) is 2.98. The molecule has 0 aliphatic heterocycles. The van der Waals surface area contributed by atoms with E-state index in [1.165, 1.54) is 38.4 Å². The van der Waals surface area contributed by atoms with Gasteiger partial charge >= 0.3 is 0 Å². The standard InChI is InChI=1S/C23H20BrN3O5/c1-15-18(9-6-10-20(15)27(29)30)23(28)26-25-13-17-11-19(24)22(21(12-17)31-2)32-14-16-7-4-3-5-8-16/h3-13H,14H2,1-2H3,(H,26,28)/b25-13+. The average molecular weight is 498 g/mol. The number of nitrogens with zero attached hydrogens (tertiary/aromatic N) is 2. The summed E-state index contributed by atoms with van der Waals surface area (Å²) in [6, 6.07) is 17.6. The molecular formula is C23H20BrN3O5. The number of carbonyl (C=O) groups is 1. The number of ether oxygens (including phenoxy) is 2. The number of nitro groups is 1. The third kappa shape index (κ3) is 5.50. The molecule has 8 nitrogen and oxygen atoms in total. The summed E-state index contributed by atoms with van der Waals surface area (Å²) in [6.07, 6.45) is 1.44. The molecule has 1 amide bonds. The Hall–Kier alpha value is -3.72. The first-order valence-corrected chi connectivity index (χ1v) is 10.3. The highest BCUT2D eigenvalue weighted by atomic mass is 79.9. The van der Waals surface area contributed by atoms with Gasteiger partial charge in [0.15, 0.2) is 11.5 Å². The van der Waals surface area contributed by atoms with Gasteiger partial charge in [-0.3, -0.25) is 14.9 Å². The van der Waals surface area contributed by atoms with Crippen molar-refractivity contribution in [3.8, 4) is 11.5 Å². The van der Waals surface area contributed by atoms with E-state index in [2.05, 4.69) is 26.5 Å². The van der Waals surface area contributed by atoms with E-state index in [4.69, 9.17) is 9.47 Å². The number of carbonyl (C=O) groups excluding carboxylic acids is 1. The molecule has 0 atom stereocenters. The number of rotatable bonds is 8. The summed E-state index contributed by atoms with van der Waals surface area (Å²) in [7, 11) is 1.53. The van der Waals surface area contributed by atoms with Gasteiger partial charge in [0.2, 0.25) is 0 Å². The van der Waals surface area contributed by atoms with Gasteiger partial charge in [-0.05, 0) is 52.2 Å². The van der Waals surface area contributed by atoms with Crippen LogP contribution in [0.2, 0.25) is 0 Å². The van der Waals surface area contributed by atoms with Crippen LogP contribution in [0.25, 0.3) is 0 Å². The smallest absolute Gasteiger partial charge is 0.273 e. The van der Waals surface area contributed by atoms with Crippen molar-refractivity contribution in [2.24, 2.45) is 5.10 Å². The predicted octanol–water partition coefficient (Wildman–Crippen LogP) is 5.02. The molecule has 0 heterocycles. The summed E-state index contributed by atoms with van der Waals surface area (Å²) >= 11 is 3.48. The van der Waals surface area contributed by atoms with Crippen molar-refractivity contribution in [3.05, 3.63) is 97.5 Å². The lowest BCUT2D eigenvalue weighted by atomic mass is 10.1. The average Bonchev–Trinajstić information content (AvgIpc) is 2.78. The Bertz CT molecular complexity index is 1170. The van der Waals surface area contributed by atoms with E-state index in [1.54, 1.807) is 12.1 Å². The van der Waals surface area contributed by atoms with Crippen LogP contribution in [-0.4, -0.2) is 24.2 Å². The highest BCUT2D eigenvalue weighted by Crippen LogP contribution is 2.36. The molecular weight excluding hydrogens is 478 g/mol. The van der Waals surface area contributed by atoms with Gasteiger partial charge in [-0.1, -0.05) is 36.4 Å². The summed E-state index contributed by atoms with van der Waals surface area (Å²) in [4.78, 5) is 22.9. The highest BCUT2D eigenvalue weighted by molar-refractivity contribution is 9.10. The van der Waals surface area contributed by atoms with E-state index in [0.29, 0.717) is 28.1 Å². The molecule has 0 aliphatic rings. The minimum absolute atomic E-state index is 0.124. The van der Waals surface area contributed by atoms with Gasteiger partial charge in [0.25, 0.3) is 11.6 Å². The number of nitro benzene ring substituents is 1. The predicted molar refractivity (Wildman–Crippen MR) is 124 cm³/mol. The topological polar surface area (TPSA) is 103 Å². The quantitative estimate of drug-likeness (QED) is 0.267. The monoisotopic (exact) mass is 497 g/mol. The van der Waals surface area contributed by atoms with Crippen LogP contribution in [0.15, 0.2) is 70.2 Å². The fourth-order valence-corrected chi connectivity index (χ4v) is 3.55. The molecule has 0 unspecified atom stereocenters. The maximum absolute atomic E-state index is 12.4. The third-order valence-corrected chi connectivity index (χ3v) is 5.19. The number of methoxy groups -OCH3 is 1. The summed E-state index contributed by atoms with van der Waals surface area (Å²) in [5, 5.41) is 15.0. The maximum atomic E-state index is 12.4. The van der Waals surface area contributed by atoms with Gasteiger partial charge in [0.05, 0.1) is 28.3 Å². The lowest BCUT2D eigenvalue weighted by molar-refractivity contribution is -0.385. The first-order chi connectivity index (χ1) is 15.4. The Labute approximate surface area is 193 Å². The summed E-state index contributed by atoms with van der Waals surface area (Å²) in [6.45, 7) is 1.90. The molecule has 9 heteroatoms. The SMILES string of the molecule is COc1cc(/C=N/NC(=O)c2cccc([N+](=O)[O-])c2C)cc(Br)c1OCc1ccccc1. The molecule has 0 bridgehead atoms. The lowest BCUT2D eigenvalue weighted by Gasteiger charge is -2.13. The van der Waals surface area contributed by atoms with Crippen molar-refractivity contribution >= 4 is 33.7 Å². The normalized spacial score (nSPS) is 10.7. The van der Waals surface area contributed by atoms with Crippen molar-refractivity contribution in [1.29, 1.82) is 0 Å². The molecule has 1 N–H and O–H groups in total. The Morgan fingerprint density at radius 1 is 1.19 bits per heavy atom. The van der Waals surface area contributed by atoms with E-state index in [1.807, 2.05) is 30.3 Å². The van der Waals surface area contributed by atoms with Crippen LogP contribution < -0.4 is 14.9 Å². The molecule has 0 spiro atoms. The molecule has 164 valence electrons. The van der Waals surface area contributed by atoms with Crippen LogP contribution in [0.4, 0.5) is 5.69 Å². The van der Waals surface area contributed by atoms with Crippen molar-refractivity contribution < 1.29 is 19.2 Å². The van der Waals surface area contributed by atoms with Crippen LogP contribution >= 0.6 is 15.9 Å². The van der Waals surface area contributed by atoms with Crippen LogP contribution in [0.5, 0.6) is 11.5 Å². The largest absolute Gasteiger partial charge is 0.493 e. The first kappa shape index (κ1) is 23.0. The maximum Gasteiger partial charge on any atom is 0.273 e. The van der Waals surface area contributed by atoms with Gasteiger partial charge in [0, 0.05) is 11.6 Å². The lowest BCUT2D eigenvalue weighted by Crippen LogP contribution is -2.19. The second-order valence-corrected chi connectivity index (χ2v) is 7.57. The van der Waals surface area contributed by atoms with Crippen molar-refractivity contribution in [1.82, 2.24) is 5.43 Å². The van der Waals surface area contributed by atoms with Gasteiger partial charge in [-0.2, -0.15) is 5.10 Å². The molecule has 0 radical (unpaired) electrons. The molecule has 0 saturated carbocycles. The van der Waals surface area contributed by atoms with E-state index >= 15 is 0 Å². The number of benzene rings is 3. The zero-order valence-electron chi connectivity index (χ0n) is 17.4. The molecule has 3 aromatic carbocycles. The van der Waals surface area contributed by atoms with Crippen LogP contribution in [0.3, 0.4) is 0 Å². The van der Waals surface area contributed by atoms with Crippen molar-refractivity contribution in [3.63, 3.8) is 0 Å². The Morgan fingerprint density at radius 3 is 2.62 bits per heavy atom. The van der Waals surface area contributed by atoms with Crippen LogP contribution in [0, 0.1) is 17.0 Å². The Balaban J connectivity index is 1.72. The summed E-state index contributed by atoms with van der Waals surface area (Å²) < 4.78 is 12.0. The second-order valence-electron chi connectivity index (χ2n) is 6.71. The molecule has 3 aromatic rings. The van der Waals surface area contributed by atoms with Crippen LogP contribution in [-0.2, 0) is 6.61 Å². The number of hydrogen-bond acceptors (Lipinski definition) is 6. The highest BCUT2D eigenvalue weighted by Gasteiger charge is 2.17. The summed E-state index contributed by atoms with van der Waals surface area (Å²) in [5.41, 5.74) is 4.39. The Morgan fingerprint density at radius 2 is 1.94 bits per heavy atom. The minimum Gasteiger partial charge on any atom is -0.493 e. The first-order valence-electron chi connectivity index (χ1n) is 9.52. The number of hydrogen-bond donors (Lipinski definition) is 1. The number of halogens is 1. The van der Waals surface area contributed by atoms with E-state index in [9.17, 15) is 14.9 Å². The molecule has 0 aromatic heterocycles. The molecule has 0 fully saturated rings. The third-order valence-electron chi connectivity index (χ3n) is 4.60. The van der Waals surface area contributed by atoms with Crippen molar-refractivity contribution in [2.75, 3.05) is 7.11 Å². The van der Waals surface area contributed by atoms with Gasteiger partial charge in [0.1, 0.15) is 6.61 Å². The second kappa shape index (κ2) is 10.5. The van der Waals surface area contributed by atoms with Crippen molar-refractivity contribution in [2.45, 2.75) is 13.5 Å². The minimum atomic E-state index is -0.545.